The smallest absolute Gasteiger partial charge is 0.435 e. The molecular weight excluding hydrogens is 690 g/mol. The predicted molar refractivity (Wildman–Crippen MR) is 204 cm³/mol. The summed E-state index contributed by atoms with van der Waals surface area (Å²) in [5.74, 6) is 0.663. The largest absolute Gasteiger partial charge is 0.442 e. The van der Waals surface area contributed by atoms with Gasteiger partial charge in [-0.2, -0.15) is 9.78 Å². The summed E-state index contributed by atoms with van der Waals surface area (Å²) in [5.41, 5.74) is 6.71. The van der Waals surface area contributed by atoms with Gasteiger partial charge in [0.2, 0.25) is 5.95 Å². The first-order valence-corrected chi connectivity index (χ1v) is 17.7. The van der Waals surface area contributed by atoms with E-state index in [0.29, 0.717) is 53.9 Å². The number of hydrogen-bond donors (Lipinski definition) is 2. The number of benzene rings is 2. The monoisotopic (exact) mass is 733 g/mol. The summed E-state index contributed by atoms with van der Waals surface area (Å²) in [6.07, 6.45) is 11.9. The fourth-order valence-corrected chi connectivity index (χ4v) is 5.87. The second kappa shape index (κ2) is 15.5. The molecule has 6 aromatic rings. The topological polar surface area (TPSA) is 166 Å². The van der Waals surface area contributed by atoms with Gasteiger partial charge in [-0.05, 0) is 63.9 Å². The SMILES string of the molecule is CN(CCN(C)c1ncc(C(=O)NOC2CCCCO2)cn1)c1ccc(Nc2nc(-c3ccc4cnn(C(=O)OC(C)(C)C)c4c3)cn3ccnc23)cc1. The van der Waals surface area contributed by atoms with Gasteiger partial charge in [-0.1, -0.05) is 12.1 Å². The van der Waals surface area contributed by atoms with E-state index in [1.54, 1.807) is 12.4 Å². The Hall–Kier alpha value is -6.13. The number of fused-ring (bicyclic) bond motifs is 2. The summed E-state index contributed by atoms with van der Waals surface area (Å²) in [6, 6.07) is 13.8. The molecule has 5 heterocycles. The number of hydroxylamine groups is 1. The highest BCUT2D eigenvalue weighted by Gasteiger charge is 2.21. The summed E-state index contributed by atoms with van der Waals surface area (Å²) < 4.78 is 14.2. The van der Waals surface area contributed by atoms with E-state index in [2.05, 4.69) is 35.7 Å². The molecular formula is C38H43N11O5. The number of carbonyl (C=O) groups is 2. The number of ether oxygens (including phenoxy) is 2. The minimum absolute atomic E-state index is 0.300. The molecule has 4 aromatic heterocycles. The van der Waals surface area contributed by atoms with Crippen molar-refractivity contribution in [3.8, 4) is 11.3 Å². The highest BCUT2D eigenvalue weighted by molar-refractivity contribution is 5.93. The molecule has 280 valence electrons. The van der Waals surface area contributed by atoms with E-state index in [-0.39, 0.29) is 0 Å². The lowest BCUT2D eigenvalue weighted by Crippen LogP contribution is -2.33. The number of aromatic nitrogens is 7. The second-order valence-corrected chi connectivity index (χ2v) is 14.1. The number of hydrogen-bond acceptors (Lipinski definition) is 13. The van der Waals surface area contributed by atoms with Crippen molar-refractivity contribution in [3.63, 3.8) is 0 Å². The van der Waals surface area contributed by atoms with E-state index in [1.807, 2.05) is 99.0 Å². The molecule has 1 saturated heterocycles. The number of imidazole rings is 1. The summed E-state index contributed by atoms with van der Waals surface area (Å²) in [6.45, 7) is 7.42. The lowest BCUT2D eigenvalue weighted by atomic mass is 10.1. The van der Waals surface area contributed by atoms with Crippen LogP contribution in [0.15, 0.2) is 79.6 Å². The molecule has 16 nitrogen and oxygen atoms in total. The quantitative estimate of drug-likeness (QED) is 0.153. The van der Waals surface area contributed by atoms with E-state index in [4.69, 9.17) is 19.3 Å². The molecule has 1 unspecified atom stereocenters. The molecule has 0 aliphatic carbocycles. The Kier molecular flexibility index (Phi) is 10.4. The molecule has 1 fully saturated rings. The summed E-state index contributed by atoms with van der Waals surface area (Å²) in [4.78, 5) is 53.0. The van der Waals surface area contributed by atoms with Crippen LogP contribution in [0.5, 0.6) is 0 Å². The molecule has 2 N–H and O–H groups in total. The van der Waals surface area contributed by atoms with Gasteiger partial charge in [0.15, 0.2) is 17.8 Å². The lowest BCUT2D eigenvalue weighted by Gasteiger charge is -2.24. The zero-order chi connectivity index (χ0) is 37.8. The van der Waals surface area contributed by atoms with Crippen LogP contribution in [-0.2, 0) is 14.3 Å². The predicted octanol–water partition coefficient (Wildman–Crippen LogP) is 5.82. The number of rotatable bonds is 11. The fraction of sp³-hybridized carbons (Fsp3) is 0.342. The summed E-state index contributed by atoms with van der Waals surface area (Å²) in [5, 5.41) is 8.51. The number of carbonyl (C=O) groups excluding carboxylic acids is 2. The molecule has 0 bridgehead atoms. The van der Waals surface area contributed by atoms with Crippen molar-refractivity contribution in [1.82, 2.24) is 39.6 Å². The Balaban J connectivity index is 0.979. The molecule has 7 rings (SSSR count). The second-order valence-electron chi connectivity index (χ2n) is 14.1. The van der Waals surface area contributed by atoms with Crippen molar-refractivity contribution in [2.45, 2.75) is 51.9 Å². The van der Waals surface area contributed by atoms with Gasteiger partial charge < -0.3 is 29.0 Å². The zero-order valence-electron chi connectivity index (χ0n) is 30.9. The third-order valence-electron chi connectivity index (χ3n) is 8.81. The molecule has 1 aliphatic heterocycles. The first-order valence-electron chi connectivity index (χ1n) is 17.7. The van der Waals surface area contributed by atoms with Gasteiger partial charge in [-0.25, -0.2) is 35.0 Å². The van der Waals surface area contributed by atoms with Crippen molar-refractivity contribution in [2.75, 3.05) is 48.9 Å². The maximum absolute atomic E-state index is 12.9. The van der Waals surface area contributed by atoms with E-state index in [0.717, 1.165) is 41.6 Å². The van der Waals surface area contributed by atoms with Crippen molar-refractivity contribution < 1.29 is 23.9 Å². The van der Waals surface area contributed by atoms with Gasteiger partial charge in [-0.3, -0.25) is 4.79 Å². The van der Waals surface area contributed by atoms with E-state index < -0.39 is 23.9 Å². The van der Waals surface area contributed by atoms with E-state index in [1.165, 1.54) is 17.1 Å². The van der Waals surface area contributed by atoms with Crippen LogP contribution in [-0.4, -0.2) is 91.8 Å². The average Bonchev–Trinajstić information content (AvgIpc) is 3.83. The van der Waals surface area contributed by atoms with Crippen LogP contribution in [0, 0.1) is 0 Å². The van der Waals surface area contributed by atoms with Crippen LogP contribution >= 0.6 is 0 Å². The Labute approximate surface area is 312 Å². The number of nitrogens with zero attached hydrogens (tertiary/aromatic N) is 9. The molecule has 1 atom stereocenters. The Morgan fingerprint density at radius 2 is 1.76 bits per heavy atom. The first kappa shape index (κ1) is 36.2. The van der Waals surface area contributed by atoms with Crippen LogP contribution < -0.4 is 20.6 Å². The van der Waals surface area contributed by atoms with Gasteiger partial charge >= 0.3 is 6.09 Å². The highest BCUT2D eigenvalue weighted by Crippen LogP contribution is 2.28. The van der Waals surface area contributed by atoms with E-state index in [9.17, 15) is 9.59 Å². The maximum Gasteiger partial charge on any atom is 0.435 e. The Morgan fingerprint density at radius 3 is 2.50 bits per heavy atom. The highest BCUT2D eigenvalue weighted by atomic mass is 16.8. The van der Waals surface area contributed by atoms with Crippen LogP contribution in [0.3, 0.4) is 0 Å². The van der Waals surface area contributed by atoms with Crippen molar-refractivity contribution >= 4 is 51.7 Å². The van der Waals surface area contributed by atoms with Gasteiger partial charge in [0.05, 0.1) is 23.0 Å². The molecule has 54 heavy (non-hydrogen) atoms. The van der Waals surface area contributed by atoms with Crippen LogP contribution in [0.2, 0.25) is 0 Å². The molecule has 0 radical (unpaired) electrons. The molecule has 1 amide bonds. The molecule has 16 heteroatoms. The lowest BCUT2D eigenvalue weighted by molar-refractivity contribution is -0.186. The molecule has 0 spiro atoms. The van der Waals surface area contributed by atoms with Crippen molar-refractivity contribution in [2.24, 2.45) is 0 Å². The third kappa shape index (κ3) is 8.40. The Bertz CT molecular complexity index is 2240. The normalized spacial score (nSPS) is 14.6. The fourth-order valence-electron chi connectivity index (χ4n) is 5.87. The number of nitrogens with one attached hydrogen (secondary N) is 2. The van der Waals surface area contributed by atoms with E-state index >= 15 is 0 Å². The number of amides is 1. The number of anilines is 4. The van der Waals surface area contributed by atoms with Crippen LogP contribution in [0.4, 0.5) is 27.9 Å². The summed E-state index contributed by atoms with van der Waals surface area (Å²) >= 11 is 0. The van der Waals surface area contributed by atoms with Gasteiger partial charge in [-0.15, -0.1) is 0 Å². The van der Waals surface area contributed by atoms with Gasteiger partial charge in [0, 0.05) is 93.5 Å². The van der Waals surface area contributed by atoms with Crippen LogP contribution in [0.25, 0.3) is 27.8 Å². The summed E-state index contributed by atoms with van der Waals surface area (Å²) in [7, 11) is 3.93. The minimum Gasteiger partial charge on any atom is -0.442 e. The number of likely N-dealkylation sites (N-methyl/N-ethyl adjacent to an activating group) is 2. The van der Waals surface area contributed by atoms with Gasteiger partial charge in [0.1, 0.15) is 5.60 Å². The maximum atomic E-state index is 12.9. The van der Waals surface area contributed by atoms with Crippen molar-refractivity contribution in [1.29, 1.82) is 0 Å². The third-order valence-corrected chi connectivity index (χ3v) is 8.81. The average molecular weight is 734 g/mol. The minimum atomic E-state index is -0.654. The van der Waals surface area contributed by atoms with Gasteiger partial charge in [0.25, 0.3) is 5.91 Å². The molecule has 0 saturated carbocycles. The molecule has 2 aromatic carbocycles. The van der Waals surface area contributed by atoms with Crippen molar-refractivity contribution in [3.05, 3.63) is 85.2 Å². The first-order chi connectivity index (χ1) is 26.0. The Morgan fingerprint density at radius 1 is 0.981 bits per heavy atom. The zero-order valence-corrected chi connectivity index (χ0v) is 30.9. The standard InChI is InChI=1S/C38H43N11O5/c1-38(2,3)53-37(51)49-31-20-25(9-10-26(31)23-42-49)30-24-48-16-15-39-34(48)33(44-30)43-28-11-13-29(14-12-28)46(4)17-18-47(5)36-40-21-27(22-41-36)35(50)45-54-32-8-6-7-19-52-32/h9-16,20-24,32H,6-8,17-19H2,1-5H3,(H,43,44)(H,45,50). The van der Waals surface area contributed by atoms with Crippen LogP contribution in [0.1, 0.15) is 50.4 Å². The molecule has 1 aliphatic rings.